The molecule has 1 aliphatic heterocycles. The van der Waals surface area contributed by atoms with Gasteiger partial charge in [0.15, 0.2) is 5.57 Å². The highest BCUT2D eigenvalue weighted by Crippen LogP contribution is 2.22. The molecule has 1 aliphatic rings. The van der Waals surface area contributed by atoms with Gasteiger partial charge in [-0.2, -0.15) is 5.26 Å². The number of para-hydroxylation sites is 1. The van der Waals surface area contributed by atoms with Crippen molar-refractivity contribution in [2.75, 3.05) is 7.05 Å². The molecule has 1 aromatic carbocycles. The molecular formula is C16H10N4O4S2. The predicted octanol–water partition coefficient (Wildman–Crippen LogP) is -0.590. The Morgan fingerprint density at radius 3 is 2.46 bits per heavy atom. The molecule has 0 radical (unpaired) electrons. The number of carbonyl (C=O) groups excluding carboxylic acids is 3. The number of imide groups is 1. The number of thiazole rings is 1. The summed E-state index contributed by atoms with van der Waals surface area (Å²) < 4.78 is 1.27. The average molecular weight is 386 g/mol. The summed E-state index contributed by atoms with van der Waals surface area (Å²) >= 11 is 1.43. The molecule has 2 aromatic rings. The summed E-state index contributed by atoms with van der Waals surface area (Å²) in [6.07, 6.45) is 0. The van der Waals surface area contributed by atoms with E-state index in [4.69, 9.17) is 0 Å². The molecule has 1 fully saturated rings. The van der Waals surface area contributed by atoms with Gasteiger partial charge in [0.1, 0.15) is 20.2 Å². The van der Waals surface area contributed by atoms with Crippen LogP contribution in [0.3, 0.4) is 0 Å². The molecule has 10 heteroatoms. The molecular weight excluding hydrogens is 376 g/mol. The zero-order valence-corrected chi connectivity index (χ0v) is 14.9. The van der Waals surface area contributed by atoms with Crippen LogP contribution in [0.1, 0.15) is 0 Å². The van der Waals surface area contributed by atoms with Crippen LogP contribution in [-0.2, 0) is 9.59 Å². The van der Waals surface area contributed by atoms with Gasteiger partial charge in [-0.3, -0.25) is 29.1 Å². The Balaban J connectivity index is 2.51. The quantitative estimate of drug-likeness (QED) is 0.712. The number of amides is 3. The summed E-state index contributed by atoms with van der Waals surface area (Å²) in [7, 11) is 1.37. The second-order valence-electron chi connectivity index (χ2n) is 4.95. The van der Waals surface area contributed by atoms with Crippen LogP contribution in [0.5, 0.6) is 0 Å². The Hall–Kier alpha value is -3.16. The molecule has 2 heterocycles. The van der Waals surface area contributed by atoms with E-state index in [0.717, 1.165) is 11.3 Å². The van der Waals surface area contributed by atoms with Crippen LogP contribution in [-0.4, -0.2) is 28.7 Å². The van der Waals surface area contributed by atoms with Crippen LogP contribution in [0.2, 0.25) is 0 Å². The van der Waals surface area contributed by atoms with Crippen molar-refractivity contribution < 1.29 is 14.4 Å². The maximum Gasteiger partial charge on any atom is 0.290 e. The average Bonchev–Trinajstić information content (AvgIpc) is 3.14. The summed E-state index contributed by atoms with van der Waals surface area (Å²) in [4.78, 5) is 48.3. The molecule has 0 bridgehead atoms. The molecule has 0 aliphatic carbocycles. The van der Waals surface area contributed by atoms with E-state index in [9.17, 15) is 24.4 Å². The first-order valence-corrected chi connectivity index (χ1v) is 8.82. The van der Waals surface area contributed by atoms with Gasteiger partial charge < -0.3 is 5.32 Å². The fourth-order valence-corrected chi connectivity index (χ4v) is 4.26. The molecule has 0 unspecified atom stereocenters. The number of nitrogens with zero attached hydrogens (tertiary/aromatic N) is 2. The second kappa shape index (κ2) is 6.99. The van der Waals surface area contributed by atoms with E-state index in [2.05, 4.69) is 10.6 Å². The lowest BCUT2D eigenvalue weighted by molar-refractivity contribution is -0.115. The summed E-state index contributed by atoms with van der Waals surface area (Å²) in [5, 5.41) is 13.3. The van der Waals surface area contributed by atoms with E-state index in [-0.39, 0.29) is 19.7 Å². The Labute approximate surface area is 154 Å². The van der Waals surface area contributed by atoms with Crippen molar-refractivity contribution in [2.24, 2.45) is 0 Å². The molecule has 1 saturated heterocycles. The number of thioether (sulfide) groups is 1. The lowest BCUT2D eigenvalue weighted by Crippen LogP contribution is -2.34. The SMILES string of the molecule is CNC(=O)C(C#N)=c1sc(=C2SC(=O)NC2=O)c(=O)n1-c1ccccc1. The summed E-state index contributed by atoms with van der Waals surface area (Å²) in [5.74, 6) is -1.34. The molecule has 2 N–H and O–H groups in total. The standard InChI is InChI=1S/C16H10N4O4S2/c1-18-12(21)9(7-17)15-20(8-5-3-2-4-6-8)14(23)11(25-15)10-13(22)19-16(24)26-10/h2-6H,1H3,(H,18,21)(H,19,22,24). The Kier molecular flexibility index (Phi) is 4.75. The minimum Gasteiger partial charge on any atom is -0.354 e. The van der Waals surface area contributed by atoms with Gasteiger partial charge in [0.2, 0.25) is 0 Å². The van der Waals surface area contributed by atoms with E-state index in [1.165, 1.54) is 11.6 Å². The predicted molar refractivity (Wildman–Crippen MR) is 96.8 cm³/mol. The van der Waals surface area contributed by atoms with Gasteiger partial charge in [0, 0.05) is 7.05 Å². The van der Waals surface area contributed by atoms with Gasteiger partial charge in [-0.1, -0.05) is 18.2 Å². The van der Waals surface area contributed by atoms with Crippen LogP contribution >= 0.6 is 23.1 Å². The van der Waals surface area contributed by atoms with Crippen molar-refractivity contribution in [2.45, 2.75) is 0 Å². The normalized spacial score (nSPS) is 16.8. The lowest BCUT2D eigenvalue weighted by Gasteiger charge is -2.02. The minimum atomic E-state index is -0.677. The van der Waals surface area contributed by atoms with Crippen molar-refractivity contribution in [3.8, 4) is 11.8 Å². The smallest absolute Gasteiger partial charge is 0.290 e. The van der Waals surface area contributed by atoms with Crippen molar-refractivity contribution in [1.29, 1.82) is 5.26 Å². The van der Waals surface area contributed by atoms with Crippen LogP contribution < -0.4 is 25.4 Å². The first kappa shape index (κ1) is 17.7. The van der Waals surface area contributed by atoms with Crippen molar-refractivity contribution in [1.82, 2.24) is 15.2 Å². The molecule has 0 atom stereocenters. The van der Waals surface area contributed by atoms with E-state index in [1.54, 1.807) is 36.4 Å². The number of nitrogens with one attached hydrogen (secondary N) is 2. The monoisotopic (exact) mass is 386 g/mol. The van der Waals surface area contributed by atoms with E-state index in [1.807, 2.05) is 0 Å². The summed E-state index contributed by atoms with van der Waals surface area (Å²) in [6.45, 7) is 0. The fraction of sp³-hybridized carbons (Fsp3) is 0.0625. The summed E-state index contributed by atoms with van der Waals surface area (Å²) in [6, 6.07) is 10.2. The topological polar surface area (TPSA) is 121 Å². The third-order valence-corrected chi connectivity index (χ3v) is 5.59. The van der Waals surface area contributed by atoms with E-state index < -0.39 is 22.6 Å². The Morgan fingerprint density at radius 1 is 1.23 bits per heavy atom. The highest BCUT2D eigenvalue weighted by molar-refractivity contribution is 8.23. The van der Waals surface area contributed by atoms with Gasteiger partial charge in [-0.05, 0) is 23.9 Å². The second-order valence-corrected chi connectivity index (χ2v) is 6.93. The molecule has 130 valence electrons. The van der Waals surface area contributed by atoms with Crippen LogP contribution in [0.25, 0.3) is 16.2 Å². The maximum absolute atomic E-state index is 13.0. The van der Waals surface area contributed by atoms with Crippen molar-refractivity contribution in [3.05, 3.63) is 49.9 Å². The molecule has 0 spiro atoms. The number of hydrogen-bond donors (Lipinski definition) is 2. The first-order chi connectivity index (χ1) is 12.5. The molecule has 8 nitrogen and oxygen atoms in total. The first-order valence-electron chi connectivity index (χ1n) is 7.19. The van der Waals surface area contributed by atoms with Crippen LogP contribution in [0.4, 0.5) is 4.79 Å². The number of rotatable bonds is 2. The molecule has 0 saturated carbocycles. The van der Waals surface area contributed by atoms with Crippen molar-refractivity contribution >= 4 is 50.6 Å². The Morgan fingerprint density at radius 2 is 1.92 bits per heavy atom. The highest BCUT2D eigenvalue weighted by atomic mass is 32.2. The third-order valence-electron chi connectivity index (χ3n) is 3.42. The molecule has 3 amide bonds. The van der Waals surface area contributed by atoms with Gasteiger partial charge in [0.05, 0.1) is 5.69 Å². The van der Waals surface area contributed by atoms with Gasteiger partial charge in [-0.15, -0.1) is 11.3 Å². The third kappa shape index (κ3) is 2.94. The maximum atomic E-state index is 13.0. The van der Waals surface area contributed by atoms with Crippen molar-refractivity contribution in [3.63, 3.8) is 0 Å². The largest absolute Gasteiger partial charge is 0.354 e. The zero-order valence-electron chi connectivity index (χ0n) is 13.2. The summed E-state index contributed by atoms with van der Waals surface area (Å²) in [5.41, 5.74) is -0.415. The number of nitriles is 1. The zero-order chi connectivity index (χ0) is 18.8. The molecule has 1 aromatic heterocycles. The van der Waals surface area contributed by atoms with E-state index >= 15 is 0 Å². The van der Waals surface area contributed by atoms with Crippen LogP contribution in [0.15, 0.2) is 35.1 Å². The number of hydrogen-bond acceptors (Lipinski definition) is 7. The van der Waals surface area contributed by atoms with Gasteiger partial charge in [0.25, 0.3) is 22.6 Å². The van der Waals surface area contributed by atoms with E-state index in [0.29, 0.717) is 17.4 Å². The fourth-order valence-electron chi connectivity index (χ4n) is 2.28. The molecule has 26 heavy (non-hydrogen) atoms. The van der Waals surface area contributed by atoms with Gasteiger partial charge in [-0.25, -0.2) is 0 Å². The Bertz CT molecular complexity index is 1160. The van der Waals surface area contributed by atoms with Gasteiger partial charge >= 0.3 is 0 Å². The lowest BCUT2D eigenvalue weighted by atomic mass is 10.3. The molecule has 3 rings (SSSR count). The minimum absolute atomic E-state index is 0.00569. The number of aromatic nitrogens is 1. The van der Waals surface area contributed by atoms with Crippen LogP contribution in [0, 0.1) is 11.3 Å². The highest BCUT2D eigenvalue weighted by Gasteiger charge is 2.28. The number of benzene rings is 1. The number of carbonyl (C=O) groups is 3.